The van der Waals surface area contributed by atoms with E-state index in [1.807, 2.05) is 0 Å². The number of rotatable bonds is 63. The van der Waals surface area contributed by atoms with Gasteiger partial charge in [-0.1, -0.05) is 328 Å². The van der Waals surface area contributed by atoms with Crippen LogP contribution in [-0.4, -0.2) is 47.4 Å². The molecule has 434 valence electrons. The number of ether oxygens (including phenoxy) is 1. The fraction of sp³-hybridized carbons (Fsp3) is 0.940. The lowest BCUT2D eigenvalue weighted by molar-refractivity contribution is -0.143. The van der Waals surface area contributed by atoms with Crippen LogP contribution in [-0.2, 0) is 14.3 Å². The molecule has 0 aromatic carbocycles. The highest BCUT2D eigenvalue weighted by atomic mass is 16.5. The summed E-state index contributed by atoms with van der Waals surface area (Å²) in [5, 5.41) is 23.4. The van der Waals surface area contributed by atoms with Gasteiger partial charge in [-0.05, 0) is 51.4 Å². The van der Waals surface area contributed by atoms with Gasteiger partial charge in [-0.25, -0.2) is 0 Å². The standard InChI is InChI=1S/C67H131NO5/c1-3-5-7-9-11-13-15-17-19-21-23-24-25-26-27-28-29-31-35-39-43-47-51-55-59-65(70)64(63-69)68-66(71)60-56-52-48-44-40-36-33-34-38-42-46-50-54-58-62-73-67(72)61-57-53-49-45-41-37-32-30-22-20-18-16-14-12-10-8-6-4-2/h20,22,64-65,69-70H,3-19,21,23-63H2,1-2H3,(H,68,71)/b22-20-. The molecule has 1 amide bonds. The molecule has 0 radical (unpaired) electrons. The summed E-state index contributed by atoms with van der Waals surface area (Å²) in [6.07, 6.45) is 76.6. The Balaban J connectivity index is 3.41. The Morgan fingerprint density at radius 3 is 0.973 bits per heavy atom. The number of allylic oxidation sites excluding steroid dienone is 2. The maximum absolute atomic E-state index is 12.5. The lowest BCUT2D eigenvalue weighted by Gasteiger charge is -2.22. The van der Waals surface area contributed by atoms with E-state index in [1.54, 1.807) is 0 Å². The summed E-state index contributed by atoms with van der Waals surface area (Å²) in [4.78, 5) is 24.6. The number of esters is 1. The molecule has 0 aliphatic rings. The zero-order valence-corrected chi connectivity index (χ0v) is 49.6. The van der Waals surface area contributed by atoms with Gasteiger partial charge < -0.3 is 20.3 Å². The monoisotopic (exact) mass is 1030 g/mol. The number of hydrogen-bond donors (Lipinski definition) is 3. The normalized spacial score (nSPS) is 12.5. The third-order valence-corrected chi connectivity index (χ3v) is 15.8. The zero-order valence-electron chi connectivity index (χ0n) is 49.6. The second-order valence-electron chi connectivity index (χ2n) is 23.2. The summed E-state index contributed by atoms with van der Waals surface area (Å²) < 4.78 is 5.49. The Labute approximate surface area is 457 Å². The fourth-order valence-corrected chi connectivity index (χ4v) is 10.7. The van der Waals surface area contributed by atoms with Crippen LogP contribution in [0.1, 0.15) is 380 Å². The molecule has 0 aliphatic heterocycles. The van der Waals surface area contributed by atoms with Crippen LogP contribution in [0.5, 0.6) is 0 Å². The third kappa shape index (κ3) is 59.7. The van der Waals surface area contributed by atoms with E-state index >= 15 is 0 Å². The number of aliphatic hydroxyl groups is 2. The van der Waals surface area contributed by atoms with Crippen LogP contribution in [0.15, 0.2) is 12.2 Å². The van der Waals surface area contributed by atoms with E-state index in [9.17, 15) is 19.8 Å². The van der Waals surface area contributed by atoms with Crippen molar-refractivity contribution < 1.29 is 24.5 Å². The lowest BCUT2D eigenvalue weighted by atomic mass is 10.0. The predicted octanol–water partition coefficient (Wildman–Crippen LogP) is 21.2. The minimum Gasteiger partial charge on any atom is -0.466 e. The Kier molecular flexibility index (Phi) is 61.9. The van der Waals surface area contributed by atoms with Crippen molar-refractivity contribution in [1.29, 1.82) is 0 Å². The van der Waals surface area contributed by atoms with Crippen LogP contribution in [0.4, 0.5) is 0 Å². The average Bonchev–Trinajstić information content (AvgIpc) is 3.39. The average molecular weight is 1030 g/mol. The van der Waals surface area contributed by atoms with E-state index in [0.29, 0.717) is 25.9 Å². The summed E-state index contributed by atoms with van der Waals surface area (Å²) in [6, 6.07) is -0.551. The summed E-state index contributed by atoms with van der Waals surface area (Å²) in [5.41, 5.74) is 0. The molecule has 6 heteroatoms. The molecule has 0 spiro atoms. The van der Waals surface area contributed by atoms with Gasteiger partial charge in [-0.2, -0.15) is 0 Å². The Bertz CT molecular complexity index is 1100. The first-order chi connectivity index (χ1) is 36.0. The van der Waals surface area contributed by atoms with Crippen LogP contribution >= 0.6 is 0 Å². The third-order valence-electron chi connectivity index (χ3n) is 15.8. The maximum Gasteiger partial charge on any atom is 0.305 e. The first-order valence-corrected chi connectivity index (χ1v) is 33.4. The topological polar surface area (TPSA) is 95.9 Å². The molecule has 0 aliphatic carbocycles. The van der Waals surface area contributed by atoms with Gasteiger partial charge in [0.2, 0.25) is 5.91 Å². The van der Waals surface area contributed by atoms with Gasteiger partial charge in [0.15, 0.2) is 0 Å². The van der Waals surface area contributed by atoms with Crippen LogP contribution in [0.3, 0.4) is 0 Å². The largest absolute Gasteiger partial charge is 0.466 e. The van der Waals surface area contributed by atoms with Crippen LogP contribution < -0.4 is 5.32 Å². The SMILES string of the molecule is CCCCCCCCC/C=C\CCCCCCCCCC(=O)OCCCCCCCCCCCCCCCCC(=O)NC(CO)C(O)CCCCCCCCCCCCCCCCCCCCCCCCCC. The van der Waals surface area contributed by atoms with E-state index in [-0.39, 0.29) is 18.5 Å². The molecule has 0 rings (SSSR count). The number of unbranched alkanes of at least 4 members (excludes halogenated alkanes) is 50. The van der Waals surface area contributed by atoms with E-state index in [0.717, 1.165) is 51.4 Å². The van der Waals surface area contributed by atoms with Crippen molar-refractivity contribution in [2.75, 3.05) is 13.2 Å². The minimum atomic E-state index is -0.673. The number of amides is 1. The second-order valence-corrected chi connectivity index (χ2v) is 23.2. The molecule has 0 saturated heterocycles. The lowest BCUT2D eigenvalue weighted by Crippen LogP contribution is -2.45. The van der Waals surface area contributed by atoms with Crippen LogP contribution in [0.25, 0.3) is 0 Å². The van der Waals surface area contributed by atoms with Gasteiger partial charge in [-0.15, -0.1) is 0 Å². The first-order valence-electron chi connectivity index (χ1n) is 33.4. The van der Waals surface area contributed by atoms with Gasteiger partial charge in [0.25, 0.3) is 0 Å². The molecule has 0 fully saturated rings. The smallest absolute Gasteiger partial charge is 0.305 e. The van der Waals surface area contributed by atoms with Gasteiger partial charge >= 0.3 is 5.97 Å². The van der Waals surface area contributed by atoms with Crippen molar-refractivity contribution in [2.45, 2.75) is 392 Å². The molecule has 0 aromatic rings. The van der Waals surface area contributed by atoms with E-state index < -0.39 is 12.1 Å². The van der Waals surface area contributed by atoms with E-state index in [2.05, 4.69) is 31.3 Å². The van der Waals surface area contributed by atoms with Gasteiger partial charge in [0.05, 0.1) is 25.4 Å². The van der Waals surface area contributed by atoms with Crippen molar-refractivity contribution in [3.63, 3.8) is 0 Å². The number of hydrogen-bond acceptors (Lipinski definition) is 5. The molecule has 73 heavy (non-hydrogen) atoms. The Morgan fingerprint density at radius 1 is 0.370 bits per heavy atom. The second kappa shape index (κ2) is 63.1. The maximum atomic E-state index is 12.5. The molecule has 0 saturated carbocycles. The quantitative estimate of drug-likeness (QED) is 0.0320. The summed E-state index contributed by atoms with van der Waals surface area (Å²) >= 11 is 0. The van der Waals surface area contributed by atoms with Crippen LogP contribution in [0, 0.1) is 0 Å². The number of carbonyl (C=O) groups is 2. The molecule has 0 aromatic heterocycles. The highest BCUT2D eigenvalue weighted by molar-refractivity contribution is 5.76. The highest BCUT2D eigenvalue weighted by Crippen LogP contribution is 2.19. The minimum absolute atomic E-state index is 0.00344. The molecule has 6 nitrogen and oxygen atoms in total. The molecule has 0 bridgehead atoms. The molecule has 2 atom stereocenters. The zero-order chi connectivity index (χ0) is 52.9. The number of carbonyl (C=O) groups excluding carboxylic acids is 2. The van der Waals surface area contributed by atoms with E-state index in [4.69, 9.17) is 4.74 Å². The first kappa shape index (κ1) is 71.6. The van der Waals surface area contributed by atoms with Crippen molar-refractivity contribution >= 4 is 11.9 Å². The predicted molar refractivity (Wildman–Crippen MR) is 320 cm³/mol. The van der Waals surface area contributed by atoms with Crippen molar-refractivity contribution in [3.05, 3.63) is 12.2 Å². The van der Waals surface area contributed by atoms with Gasteiger partial charge in [-0.3, -0.25) is 9.59 Å². The molecular formula is C67H131NO5. The molecular weight excluding hydrogens is 899 g/mol. The Hall–Kier alpha value is -1.40. The van der Waals surface area contributed by atoms with E-state index in [1.165, 1.54) is 295 Å². The summed E-state index contributed by atoms with van der Waals surface area (Å²) in [6.45, 7) is 4.97. The fourth-order valence-electron chi connectivity index (χ4n) is 10.7. The highest BCUT2D eigenvalue weighted by Gasteiger charge is 2.20. The Morgan fingerprint density at radius 2 is 0.644 bits per heavy atom. The number of nitrogens with one attached hydrogen (secondary N) is 1. The molecule has 2 unspecified atom stereocenters. The van der Waals surface area contributed by atoms with Crippen LogP contribution in [0.2, 0.25) is 0 Å². The number of aliphatic hydroxyl groups excluding tert-OH is 2. The molecule has 0 heterocycles. The van der Waals surface area contributed by atoms with Crippen molar-refractivity contribution in [1.82, 2.24) is 5.32 Å². The van der Waals surface area contributed by atoms with Crippen molar-refractivity contribution in [2.24, 2.45) is 0 Å². The summed E-state index contributed by atoms with van der Waals surface area (Å²) in [5.74, 6) is -0.0441. The summed E-state index contributed by atoms with van der Waals surface area (Å²) in [7, 11) is 0. The van der Waals surface area contributed by atoms with Gasteiger partial charge in [0, 0.05) is 12.8 Å². The van der Waals surface area contributed by atoms with Gasteiger partial charge in [0.1, 0.15) is 0 Å². The molecule has 3 N–H and O–H groups in total. The van der Waals surface area contributed by atoms with Crippen molar-refractivity contribution in [3.8, 4) is 0 Å².